The van der Waals surface area contributed by atoms with Gasteiger partial charge in [-0.25, -0.2) is 4.98 Å². The maximum absolute atomic E-state index is 12.4. The number of benzene rings is 1. The van der Waals surface area contributed by atoms with Gasteiger partial charge in [-0.15, -0.1) is 12.4 Å². The standard InChI is InChI=1S/C18H22N4O2.ClH/c1-2-13-11-15(23)22-16(20-13)12-6-5-7-14(10-12)21-17(24)18(19)8-3-4-9-18;/h5-7,10-11H,2-4,8-9,19H2,1H3,(H,21,24)(H,20,22,23);1H. The fraction of sp³-hybridized carbons (Fsp3) is 0.389. The maximum Gasteiger partial charge on any atom is 0.251 e. The second kappa shape index (κ2) is 7.80. The van der Waals surface area contributed by atoms with Gasteiger partial charge in [0.15, 0.2) is 0 Å². The number of nitrogens with one attached hydrogen (secondary N) is 2. The summed E-state index contributed by atoms with van der Waals surface area (Å²) in [5.41, 5.74) is 7.36. The van der Waals surface area contributed by atoms with E-state index in [1.54, 1.807) is 6.07 Å². The average molecular weight is 363 g/mol. The van der Waals surface area contributed by atoms with E-state index >= 15 is 0 Å². The van der Waals surface area contributed by atoms with Gasteiger partial charge in [0.2, 0.25) is 5.91 Å². The van der Waals surface area contributed by atoms with Gasteiger partial charge in [0.25, 0.3) is 5.56 Å². The number of anilines is 1. The molecule has 0 saturated heterocycles. The van der Waals surface area contributed by atoms with Gasteiger partial charge in [0, 0.05) is 23.0 Å². The molecule has 0 aliphatic heterocycles. The van der Waals surface area contributed by atoms with E-state index in [-0.39, 0.29) is 23.9 Å². The van der Waals surface area contributed by atoms with Crippen molar-refractivity contribution >= 4 is 24.0 Å². The number of rotatable bonds is 4. The van der Waals surface area contributed by atoms with E-state index in [2.05, 4.69) is 15.3 Å². The predicted octanol–water partition coefficient (Wildman–Crippen LogP) is 2.63. The first-order valence-corrected chi connectivity index (χ1v) is 8.31. The monoisotopic (exact) mass is 362 g/mol. The Labute approximate surface area is 152 Å². The number of halogens is 1. The average Bonchev–Trinajstić information content (AvgIpc) is 3.02. The molecule has 1 aliphatic carbocycles. The van der Waals surface area contributed by atoms with Crippen LogP contribution in [0.25, 0.3) is 11.4 Å². The summed E-state index contributed by atoms with van der Waals surface area (Å²) in [7, 11) is 0. The van der Waals surface area contributed by atoms with E-state index in [0.717, 1.165) is 24.1 Å². The van der Waals surface area contributed by atoms with E-state index in [9.17, 15) is 9.59 Å². The Hall–Kier alpha value is -2.18. The number of amides is 1. The molecule has 6 nitrogen and oxygen atoms in total. The Morgan fingerprint density at radius 1 is 1.32 bits per heavy atom. The number of aromatic nitrogens is 2. The largest absolute Gasteiger partial charge is 0.324 e. The van der Waals surface area contributed by atoms with Crippen LogP contribution in [0.4, 0.5) is 5.69 Å². The van der Waals surface area contributed by atoms with Crippen molar-refractivity contribution in [3.63, 3.8) is 0 Å². The van der Waals surface area contributed by atoms with Crippen LogP contribution in [0.2, 0.25) is 0 Å². The van der Waals surface area contributed by atoms with Crippen LogP contribution in [-0.4, -0.2) is 21.4 Å². The number of hydrogen-bond acceptors (Lipinski definition) is 4. The number of aromatic amines is 1. The lowest BCUT2D eigenvalue weighted by Gasteiger charge is -2.22. The molecule has 0 bridgehead atoms. The summed E-state index contributed by atoms with van der Waals surface area (Å²) in [4.78, 5) is 31.3. The van der Waals surface area contributed by atoms with Crippen molar-refractivity contribution in [3.05, 3.63) is 46.4 Å². The quantitative estimate of drug-likeness (QED) is 0.778. The molecule has 0 unspecified atom stereocenters. The third-order valence-electron chi connectivity index (χ3n) is 4.50. The van der Waals surface area contributed by atoms with Gasteiger partial charge in [0.1, 0.15) is 5.82 Å². The molecule has 2 aromatic rings. The summed E-state index contributed by atoms with van der Waals surface area (Å²) < 4.78 is 0. The van der Waals surface area contributed by atoms with Gasteiger partial charge in [-0.3, -0.25) is 9.59 Å². The van der Waals surface area contributed by atoms with Crippen LogP contribution in [0.5, 0.6) is 0 Å². The molecule has 134 valence electrons. The molecule has 0 atom stereocenters. The van der Waals surface area contributed by atoms with Gasteiger partial charge in [-0.05, 0) is 31.4 Å². The topological polar surface area (TPSA) is 101 Å². The van der Waals surface area contributed by atoms with Gasteiger partial charge in [-0.2, -0.15) is 0 Å². The Morgan fingerprint density at radius 3 is 2.72 bits per heavy atom. The minimum atomic E-state index is -0.773. The van der Waals surface area contributed by atoms with E-state index < -0.39 is 5.54 Å². The van der Waals surface area contributed by atoms with Crippen LogP contribution in [0.3, 0.4) is 0 Å². The molecule has 1 amide bonds. The first-order chi connectivity index (χ1) is 11.5. The number of nitrogens with two attached hydrogens (primary N) is 1. The third-order valence-corrected chi connectivity index (χ3v) is 4.50. The molecule has 3 rings (SSSR count). The number of aryl methyl sites for hydroxylation is 1. The molecular weight excluding hydrogens is 340 g/mol. The number of carbonyl (C=O) groups is 1. The fourth-order valence-corrected chi connectivity index (χ4v) is 3.06. The molecule has 1 fully saturated rings. The van der Waals surface area contributed by atoms with Crippen LogP contribution in [0.1, 0.15) is 38.3 Å². The normalized spacial score (nSPS) is 15.4. The van der Waals surface area contributed by atoms with Crippen LogP contribution >= 0.6 is 12.4 Å². The zero-order valence-corrected chi connectivity index (χ0v) is 15.0. The summed E-state index contributed by atoms with van der Waals surface area (Å²) in [6.45, 7) is 1.95. The van der Waals surface area contributed by atoms with E-state index in [4.69, 9.17) is 5.73 Å². The first-order valence-electron chi connectivity index (χ1n) is 8.31. The highest BCUT2D eigenvalue weighted by Gasteiger charge is 2.36. The highest BCUT2D eigenvalue weighted by atomic mass is 35.5. The highest BCUT2D eigenvalue weighted by molar-refractivity contribution is 5.98. The molecule has 25 heavy (non-hydrogen) atoms. The lowest BCUT2D eigenvalue weighted by Crippen LogP contribution is -2.48. The molecule has 1 saturated carbocycles. The smallest absolute Gasteiger partial charge is 0.251 e. The molecular formula is C18H23ClN4O2. The number of carbonyl (C=O) groups excluding carboxylic acids is 1. The van der Waals surface area contributed by atoms with Crippen molar-refractivity contribution in [1.82, 2.24) is 9.97 Å². The van der Waals surface area contributed by atoms with Crippen LogP contribution < -0.4 is 16.6 Å². The van der Waals surface area contributed by atoms with Crippen LogP contribution in [0, 0.1) is 0 Å². The lowest BCUT2D eigenvalue weighted by molar-refractivity contribution is -0.121. The minimum absolute atomic E-state index is 0. The zero-order valence-electron chi connectivity index (χ0n) is 14.2. The molecule has 7 heteroatoms. The third kappa shape index (κ3) is 4.27. The Balaban J connectivity index is 0.00000225. The summed E-state index contributed by atoms with van der Waals surface area (Å²) in [6, 6.07) is 8.77. The second-order valence-corrected chi connectivity index (χ2v) is 6.34. The number of H-pyrrole nitrogens is 1. The second-order valence-electron chi connectivity index (χ2n) is 6.34. The van der Waals surface area contributed by atoms with Crippen LogP contribution in [-0.2, 0) is 11.2 Å². The fourth-order valence-electron chi connectivity index (χ4n) is 3.06. The summed E-state index contributed by atoms with van der Waals surface area (Å²) in [5, 5.41) is 2.89. The maximum atomic E-state index is 12.4. The summed E-state index contributed by atoms with van der Waals surface area (Å²) >= 11 is 0. The Kier molecular flexibility index (Phi) is 5.98. The van der Waals surface area contributed by atoms with Crippen LogP contribution in [0.15, 0.2) is 35.1 Å². The molecule has 1 aromatic carbocycles. The van der Waals surface area contributed by atoms with Crippen molar-refractivity contribution in [3.8, 4) is 11.4 Å². The lowest BCUT2D eigenvalue weighted by atomic mass is 9.98. The Morgan fingerprint density at radius 2 is 2.04 bits per heavy atom. The van der Waals surface area contributed by atoms with E-state index in [1.807, 2.05) is 25.1 Å². The molecule has 0 spiro atoms. The molecule has 4 N–H and O–H groups in total. The van der Waals surface area contributed by atoms with Crippen molar-refractivity contribution in [2.45, 2.75) is 44.6 Å². The van der Waals surface area contributed by atoms with Gasteiger partial charge in [-0.1, -0.05) is 31.9 Å². The summed E-state index contributed by atoms with van der Waals surface area (Å²) in [5.74, 6) is 0.347. The SMILES string of the molecule is CCc1cc(=O)[nH]c(-c2cccc(NC(=O)C3(N)CCCC3)c2)n1.Cl. The van der Waals surface area contributed by atoms with Crippen molar-refractivity contribution in [2.24, 2.45) is 5.73 Å². The summed E-state index contributed by atoms with van der Waals surface area (Å²) in [6.07, 6.45) is 4.08. The minimum Gasteiger partial charge on any atom is -0.324 e. The van der Waals surface area contributed by atoms with Crippen molar-refractivity contribution in [2.75, 3.05) is 5.32 Å². The molecule has 1 heterocycles. The van der Waals surface area contributed by atoms with E-state index in [0.29, 0.717) is 30.8 Å². The van der Waals surface area contributed by atoms with Gasteiger partial charge >= 0.3 is 0 Å². The number of hydrogen-bond donors (Lipinski definition) is 3. The highest BCUT2D eigenvalue weighted by Crippen LogP contribution is 2.29. The molecule has 1 aromatic heterocycles. The molecule has 0 radical (unpaired) electrons. The van der Waals surface area contributed by atoms with Gasteiger partial charge in [0.05, 0.1) is 5.54 Å². The predicted molar refractivity (Wildman–Crippen MR) is 101 cm³/mol. The Bertz CT molecular complexity index is 813. The number of nitrogens with zero attached hydrogens (tertiary/aromatic N) is 1. The van der Waals surface area contributed by atoms with Crippen molar-refractivity contribution in [1.29, 1.82) is 0 Å². The van der Waals surface area contributed by atoms with E-state index in [1.165, 1.54) is 6.07 Å². The molecule has 1 aliphatic rings. The first kappa shape index (κ1) is 19.1. The van der Waals surface area contributed by atoms with Crippen molar-refractivity contribution < 1.29 is 4.79 Å². The zero-order chi connectivity index (χ0) is 17.2. The van der Waals surface area contributed by atoms with Gasteiger partial charge < -0.3 is 16.0 Å².